The molecule has 21 heteroatoms. The number of hydrogen-bond donors (Lipinski definition) is 0. The topological polar surface area (TPSA) is 150 Å². The van der Waals surface area contributed by atoms with Crippen LogP contribution in [0.4, 0.5) is 43.9 Å². The quantitative estimate of drug-likeness (QED) is 0.0587. The molecule has 55 heavy (non-hydrogen) atoms. The van der Waals surface area contributed by atoms with Crippen molar-refractivity contribution in [1.29, 1.82) is 10.5 Å². The molecule has 0 radical (unpaired) electrons. The number of fused-ring (bicyclic) bond motifs is 6. The fourth-order valence-electron chi connectivity index (χ4n) is 6.24. The van der Waals surface area contributed by atoms with Crippen LogP contribution in [0.1, 0.15) is 11.1 Å². The molecule has 5 aromatic carbocycles. The molecule has 0 fully saturated rings. The highest BCUT2D eigenvalue weighted by Gasteiger charge is 2.41. The number of hydrogen-bond acceptors (Lipinski definition) is 8. The highest BCUT2D eigenvalue weighted by Crippen LogP contribution is 2.53. The van der Waals surface area contributed by atoms with Gasteiger partial charge < -0.3 is 0 Å². The van der Waals surface area contributed by atoms with E-state index in [0.29, 0.717) is 24.3 Å². The average Bonchev–Trinajstić information content (AvgIpc) is 3.58. The van der Waals surface area contributed by atoms with E-state index in [9.17, 15) is 79.7 Å². The van der Waals surface area contributed by atoms with Gasteiger partial charge in [0, 0.05) is 16.7 Å². The average molecular weight is 827 g/mol. The molecular weight excluding hydrogens is 819 g/mol. The maximum atomic E-state index is 14.6. The maximum absolute atomic E-state index is 14.6. The molecule has 0 bridgehead atoms. The van der Waals surface area contributed by atoms with E-state index >= 15 is 0 Å². The molecule has 0 aromatic heterocycles. The van der Waals surface area contributed by atoms with E-state index in [4.69, 9.17) is 0 Å². The van der Waals surface area contributed by atoms with Gasteiger partial charge in [0.2, 0.25) is 41.1 Å². The first-order valence-corrected chi connectivity index (χ1v) is 18.9. The summed E-state index contributed by atoms with van der Waals surface area (Å²) in [6.07, 6.45) is 0. The molecule has 0 N–H and O–H groups in total. The molecule has 1 aliphatic heterocycles. The molecule has 7 rings (SSSR count). The Balaban J connectivity index is 1.43. The summed E-state index contributed by atoms with van der Waals surface area (Å²) in [7, 11) is -16.1. The molecule has 0 saturated heterocycles. The van der Waals surface area contributed by atoms with Crippen molar-refractivity contribution in [2.45, 2.75) is 29.4 Å². The molecule has 0 amide bonds. The van der Waals surface area contributed by atoms with Gasteiger partial charge in [-0.2, -0.15) is 10.5 Å². The molecule has 8 nitrogen and oxygen atoms in total. The first-order valence-electron chi connectivity index (χ1n) is 14.4. The lowest BCUT2D eigenvalue weighted by atomic mass is 9.96. The van der Waals surface area contributed by atoms with Crippen LogP contribution >= 0.6 is 0 Å². The third kappa shape index (κ3) is 4.89. The summed E-state index contributed by atoms with van der Waals surface area (Å²) < 4.78 is 222. The van der Waals surface area contributed by atoms with Gasteiger partial charge in [0.15, 0.2) is 46.5 Å². The van der Waals surface area contributed by atoms with E-state index < -0.39 is 128 Å². The van der Waals surface area contributed by atoms with Crippen LogP contribution in [0.3, 0.4) is 0 Å². The van der Waals surface area contributed by atoms with Crippen LogP contribution in [0.25, 0.3) is 27.8 Å². The van der Waals surface area contributed by atoms with Gasteiger partial charge in [-0.05, 0) is 58.7 Å². The minimum absolute atomic E-state index is 0.0203. The molecule has 0 spiro atoms. The Labute approximate surface area is 301 Å². The van der Waals surface area contributed by atoms with Gasteiger partial charge in [0.05, 0.1) is 19.6 Å². The Kier molecular flexibility index (Phi) is 8.13. The Morgan fingerprint density at radius 3 is 1.29 bits per heavy atom. The zero-order valence-electron chi connectivity index (χ0n) is 26.0. The Hall–Kier alpha value is -6.03. The highest BCUT2D eigenvalue weighted by molar-refractivity contribution is 7.93. The number of sulfone groups is 3. The van der Waals surface area contributed by atoms with E-state index in [-0.39, 0.29) is 33.4 Å². The van der Waals surface area contributed by atoms with E-state index in [2.05, 4.69) is 0 Å². The first kappa shape index (κ1) is 37.3. The van der Waals surface area contributed by atoms with Crippen molar-refractivity contribution < 1.29 is 69.2 Å². The van der Waals surface area contributed by atoms with Crippen molar-refractivity contribution in [1.82, 2.24) is 0 Å². The molecule has 1 heterocycles. The largest absolute Gasteiger partial charge is 0.218 e. The third-order valence-corrected chi connectivity index (χ3v) is 14.1. The zero-order valence-corrected chi connectivity index (χ0v) is 28.4. The summed E-state index contributed by atoms with van der Waals surface area (Å²) in [5.74, 6) is -26.4. The van der Waals surface area contributed by atoms with Crippen molar-refractivity contribution >= 4 is 35.1 Å². The maximum Gasteiger partial charge on any atom is 0.212 e. The van der Waals surface area contributed by atoms with Gasteiger partial charge in [0.25, 0.3) is 0 Å². The molecule has 0 atom stereocenters. The Bertz CT molecular complexity index is 3100. The van der Waals surface area contributed by atoms with Gasteiger partial charge in [-0.3, -0.25) is 0 Å². The second-order valence-electron chi connectivity index (χ2n) is 11.5. The first-order chi connectivity index (χ1) is 25.6. The predicted octanol–water partition coefficient (Wildman–Crippen LogP) is 7.39. The molecule has 2 aliphatic rings. The summed E-state index contributed by atoms with van der Waals surface area (Å²) in [4.78, 5) is -8.22. The fourth-order valence-corrected chi connectivity index (χ4v) is 10.8. The second-order valence-corrected chi connectivity index (χ2v) is 17.2. The SMILES string of the molecule is N#CC(C#N)=C1c2cc(S(=O)(=O)c3c(F)c(F)c(F)c(F)c3F)ccc2-c2cc3c(cc21)S(=O)(=O)c1cc(S(=O)(=O)c2c(F)c(F)c(F)c(F)c2F)ccc1-3. The summed E-state index contributed by atoms with van der Waals surface area (Å²) in [5, 5.41) is 19.5. The number of rotatable bonds is 4. The lowest BCUT2D eigenvalue weighted by Gasteiger charge is -2.11. The van der Waals surface area contributed by atoms with Gasteiger partial charge >= 0.3 is 0 Å². The standard InChI is InChI=1S/C34H8F10N2O6S3/c35-23-25(37)29(41)33(30(42)26(23)38)53(47,48)12-1-3-14-16-7-17-15-4-2-13(54(49,50)34-31(43)27(39)24(36)28(40)32(34)44)6-20(15)55(51,52)21(17)8-19(16)22(18(14)5-12)11(9-45)10-46/h1-8H. The van der Waals surface area contributed by atoms with Crippen molar-refractivity contribution in [3.05, 3.63) is 123 Å². The van der Waals surface area contributed by atoms with Crippen LogP contribution < -0.4 is 0 Å². The lowest BCUT2D eigenvalue weighted by molar-refractivity contribution is 0.357. The van der Waals surface area contributed by atoms with E-state index in [1.807, 2.05) is 0 Å². The van der Waals surface area contributed by atoms with Crippen LogP contribution in [0.2, 0.25) is 0 Å². The number of benzene rings is 5. The Morgan fingerprint density at radius 1 is 0.455 bits per heavy atom. The normalized spacial score (nSPS) is 13.8. The number of nitriles is 2. The monoisotopic (exact) mass is 826 g/mol. The molecule has 0 unspecified atom stereocenters. The smallest absolute Gasteiger partial charge is 0.212 e. The summed E-state index contributed by atoms with van der Waals surface area (Å²) in [6.45, 7) is 0. The second kappa shape index (κ2) is 12.0. The fraction of sp³-hybridized carbons (Fsp3) is 0. The number of nitrogens with zero attached hydrogens (tertiary/aromatic N) is 2. The van der Waals surface area contributed by atoms with Crippen LogP contribution in [0.15, 0.2) is 83.5 Å². The van der Waals surface area contributed by atoms with Gasteiger partial charge in [-0.15, -0.1) is 0 Å². The minimum atomic E-state index is -5.64. The van der Waals surface area contributed by atoms with Crippen molar-refractivity contribution in [2.75, 3.05) is 0 Å². The number of allylic oxidation sites excluding steroid dienone is 1. The van der Waals surface area contributed by atoms with E-state index in [1.165, 1.54) is 12.1 Å². The minimum Gasteiger partial charge on any atom is -0.218 e. The lowest BCUT2D eigenvalue weighted by Crippen LogP contribution is -2.13. The molecule has 0 saturated carbocycles. The van der Waals surface area contributed by atoms with Crippen molar-refractivity contribution in [3.63, 3.8) is 0 Å². The van der Waals surface area contributed by atoms with Crippen molar-refractivity contribution in [2.24, 2.45) is 0 Å². The zero-order chi connectivity index (χ0) is 40.4. The number of halogens is 10. The third-order valence-electron chi connectivity index (χ3n) is 8.73. The van der Waals surface area contributed by atoms with Crippen LogP contribution in [0, 0.1) is 80.8 Å². The van der Waals surface area contributed by atoms with E-state index in [1.54, 1.807) is 0 Å². The molecule has 278 valence electrons. The van der Waals surface area contributed by atoms with E-state index in [0.717, 1.165) is 24.3 Å². The summed E-state index contributed by atoms with van der Waals surface area (Å²) in [5.41, 5.74) is -2.36. The van der Waals surface area contributed by atoms with Gasteiger partial charge in [-0.1, -0.05) is 12.1 Å². The van der Waals surface area contributed by atoms with Gasteiger partial charge in [0.1, 0.15) is 27.5 Å². The Morgan fingerprint density at radius 2 is 0.836 bits per heavy atom. The summed E-state index contributed by atoms with van der Waals surface area (Å²) >= 11 is 0. The molecule has 5 aromatic rings. The van der Waals surface area contributed by atoms with Crippen molar-refractivity contribution in [3.8, 4) is 34.4 Å². The molecule has 1 aliphatic carbocycles. The van der Waals surface area contributed by atoms with Gasteiger partial charge in [-0.25, -0.2) is 69.2 Å². The highest BCUT2D eigenvalue weighted by atomic mass is 32.2. The molecular formula is C34H8F10N2O6S3. The van der Waals surface area contributed by atoms with Crippen LogP contribution in [-0.2, 0) is 29.5 Å². The predicted molar refractivity (Wildman–Crippen MR) is 163 cm³/mol. The van der Waals surface area contributed by atoms with Crippen LogP contribution in [-0.4, -0.2) is 25.3 Å². The van der Waals surface area contributed by atoms with Crippen LogP contribution in [0.5, 0.6) is 0 Å². The summed E-state index contributed by atoms with van der Waals surface area (Å²) in [6, 6.07) is 9.23.